The van der Waals surface area contributed by atoms with E-state index < -0.39 is 0 Å². The van der Waals surface area contributed by atoms with Gasteiger partial charge in [0.2, 0.25) is 0 Å². The van der Waals surface area contributed by atoms with E-state index in [1.54, 1.807) is 0 Å². The van der Waals surface area contributed by atoms with Crippen LogP contribution in [0, 0.1) is 21.3 Å². The quantitative estimate of drug-likeness (QED) is 0.194. The minimum atomic E-state index is -0.269. The summed E-state index contributed by atoms with van der Waals surface area (Å²) in [6.45, 7) is 32.5. The van der Waals surface area contributed by atoms with Crippen molar-refractivity contribution in [3.63, 3.8) is 0 Å². The molecule has 0 saturated heterocycles. The zero-order valence-electron chi connectivity index (χ0n) is 23.5. The van der Waals surface area contributed by atoms with Crippen molar-refractivity contribution in [1.29, 1.82) is 0 Å². The third kappa shape index (κ3) is 9.81. The van der Waals surface area contributed by atoms with E-state index in [4.69, 9.17) is 0 Å². The second-order valence-corrected chi connectivity index (χ2v) is 20.3. The van der Waals surface area contributed by atoms with Gasteiger partial charge in [-0.3, -0.25) is 0 Å². The summed E-state index contributed by atoms with van der Waals surface area (Å²) in [5, 5.41) is 1.05. The molecule has 0 aliphatic rings. The van der Waals surface area contributed by atoms with Crippen LogP contribution in [-0.2, 0) is 29.6 Å². The van der Waals surface area contributed by atoms with Crippen LogP contribution in [0.4, 0.5) is 0 Å². The number of halogens is 1. The molecule has 190 valence electrons. The Bertz CT molecular complexity index is 682. The van der Waals surface area contributed by atoms with Gasteiger partial charge in [0.25, 0.3) is 0 Å². The molecule has 0 atom stereocenters. The van der Waals surface area contributed by atoms with E-state index in [1.165, 1.54) is 11.1 Å². The predicted octanol–water partition coefficient (Wildman–Crippen LogP) is 9.68. The van der Waals surface area contributed by atoms with Gasteiger partial charge in [0.1, 0.15) is 0 Å². The zero-order valence-corrected chi connectivity index (χ0v) is 27.7. The summed E-state index contributed by atoms with van der Waals surface area (Å²) in [6, 6.07) is 2.41. The third-order valence-corrected chi connectivity index (χ3v) is 13.7. The van der Waals surface area contributed by atoms with Gasteiger partial charge in [0.15, 0.2) is 0 Å². The Hall–Kier alpha value is 0.793. The van der Waals surface area contributed by atoms with Crippen LogP contribution in [0.2, 0.25) is 0 Å². The number of hydrogen-bond acceptors (Lipinski definition) is 1. The fourth-order valence-corrected chi connectivity index (χ4v) is 11.9. The van der Waals surface area contributed by atoms with Crippen molar-refractivity contribution in [2.75, 3.05) is 0 Å². The van der Waals surface area contributed by atoms with Gasteiger partial charge < -0.3 is 12.2 Å². The van der Waals surface area contributed by atoms with Gasteiger partial charge in [-0.25, -0.2) is 0 Å². The van der Waals surface area contributed by atoms with Crippen LogP contribution in [0.3, 0.4) is 0 Å². The van der Waals surface area contributed by atoms with Gasteiger partial charge >= 0.3 is 27.0 Å². The molecule has 0 radical (unpaired) electrons. The standard InChI is InChI=1S/C26H47OP2.CH3.ClH.Rh/c1-18-20(16-28(23(3,4)5)24(6,7)8)15-21(19(2)22(18)27)17-29(25(9,10)11)26(12,13)14;;;/h15H,16-17H2,1-14H3;1H3;1H;/q2*-1;;+3/p-1. The predicted molar refractivity (Wildman–Crippen MR) is 150 cm³/mol. The van der Waals surface area contributed by atoms with E-state index in [0.717, 1.165) is 23.5 Å². The SMILES string of the molecule is Cc1c(CP(C(C)(C)C)C(C)(C)C)[cH-]c(CP(C(C)(C)C)C(C)(C)C)c(C)c1=O.[CH3-].[Cl][Rh+2]. The molecule has 5 heteroatoms. The number of hydrogen-bond donors (Lipinski definition) is 0. The summed E-state index contributed by atoms with van der Waals surface area (Å²) in [5.74, 6) is 0. The average Bonchev–Trinajstić information content (AvgIpc) is 2.55. The van der Waals surface area contributed by atoms with Gasteiger partial charge in [-0.2, -0.15) is 6.07 Å². The summed E-state index contributed by atoms with van der Waals surface area (Å²) in [7, 11) is 3.99. The van der Waals surface area contributed by atoms with E-state index in [0.29, 0.717) is 0 Å². The molecule has 0 fully saturated rings. The van der Waals surface area contributed by atoms with Gasteiger partial charge in [-0.1, -0.05) is 113 Å². The van der Waals surface area contributed by atoms with Gasteiger partial charge in [-0.15, -0.1) is 22.3 Å². The van der Waals surface area contributed by atoms with E-state index in [9.17, 15) is 4.79 Å². The van der Waals surface area contributed by atoms with Crippen molar-refractivity contribution in [2.45, 2.75) is 130 Å². The molecule has 0 aromatic heterocycles. The topological polar surface area (TPSA) is 17.1 Å². The zero-order chi connectivity index (χ0) is 25.2. The Morgan fingerprint density at radius 1 is 0.656 bits per heavy atom. The summed E-state index contributed by atoms with van der Waals surface area (Å²) in [5.41, 5.74) is 4.81. The summed E-state index contributed by atoms with van der Waals surface area (Å²) >= 11 is 2.02. The van der Waals surface area contributed by atoms with Crippen LogP contribution in [-0.4, -0.2) is 20.6 Å². The maximum atomic E-state index is 13.2. The van der Waals surface area contributed by atoms with Crippen molar-refractivity contribution in [3.05, 3.63) is 46.0 Å². The molecular weight excluding hydrogens is 541 g/mol. The summed E-state index contributed by atoms with van der Waals surface area (Å²) in [6.07, 6.45) is 2.08. The van der Waals surface area contributed by atoms with E-state index in [2.05, 4.69) is 98.8 Å². The second kappa shape index (κ2) is 12.7. The second-order valence-electron chi connectivity index (χ2n) is 12.6. The summed E-state index contributed by atoms with van der Waals surface area (Å²) < 4.78 is 0. The molecule has 0 heterocycles. The van der Waals surface area contributed by atoms with Crippen molar-refractivity contribution in [2.24, 2.45) is 0 Å². The molecule has 1 nitrogen and oxygen atoms in total. The van der Waals surface area contributed by atoms with Crippen LogP contribution in [0.5, 0.6) is 0 Å². The Morgan fingerprint density at radius 3 is 1.06 bits per heavy atom. The molecule has 0 unspecified atom stereocenters. The third-order valence-electron chi connectivity index (χ3n) is 5.89. The van der Waals surface area contributed by atoms with Gasteiger partial charge in [0, 0.05) is 0 Å². The first-order valence-corrected chi connectivity index (χ1v) is 16.3. The van der Waals surface area contributed by atoms with E-state index >= 15 is 0 Å². The molecule has 0 N–H and O–H groups in total. The Labute approximate surface area is 217 Å². The fourth-order valence-electron chi connectivity index (χ4n) is 4.63. The van der Waals surface area contributed by atoms with Crippen LogP contribution < -0.4 is 5.43 Å². The first kappa shape index (κ1) is 35.0. The molecule has 0 saturated carbocycles. The fraction of sp³-hybridized carbons (Fsp3) is 0.741. The normalized spacial score (nSPS) is 13.1. The van der Waals surface area contributed by atoms with Crippen LogP contribution in [0.15, 0.2) is 10.9 Å². The first-order chi connectivity index (χ1) is 13.7. The van der Waals surface area contributed by atoms with E-state index in [1.807, 2.05) is 31.2 Å². The molecule has 1 aromatic rings. The van der Waals surface area contributed by atoms with Crippen LogP contribution in [0.1, 0.15) is 105 Å². The average molecular weight is 591 g/mol. The molecule has 0 spiro atoms. The monoisotopic (exact) mass is 590 g/mol. The van der Waals surface area contributed by atoms with Crippen molar-refractivity contribution >= 4 is 25.5 Å². The van der Waals surface area contributed by atoms with Crippen molar-refractivity contribution in [1.82, 2.24) is 0 Å². The van der Waals surface area contributed by atoms with Crippen LogP contribution in [0.25, 0.3) is 0 Å². The molecule has 0 bridgehead atoms. The maximum absolute atomic E-state index is 13.2. The first-order valence-electron chi connectivity index (χ1n) is 11.1. The molecule has 0 amide bonds. The molecule has 0 aliphatic heterocycles. The molecule has 1 rings (SSSR count). The van der Waals surface area contributed by atoms with Crippen molar-refractivity contribution in [3.8, 4) is 0 Å². The number of rotatable bonds is 4. The Balaban J connectivity index is 0. The number of benzene rings is 1. The molecule has 1 aromatic carbocycles. The van der Waals surface area contributed by atoms with Gasteiger partial charge in [0.05, 0.1) is 5.43 Å². The van der Waals surface area contributed by atoms with E-state index in [-0.39, 0.29) is 49.3 Å². The summed E-state index contributed by atoms with van der Waals surface area (Å²) in [4.78, 5) is 13.2. The van der Waals surface area contributed by atoms with Crippen LogP contribution >= 0.6 is 25.5 Å². The van der Waals surface area contributed by atoms with Crippen molar-refractivity contribution < 1.29 is 17.3 Å². The molecule has 0 aliphatic carbocycles. The van der Waals surface area contributed by atoms with Gasteiger partial charge in [-0.05, 0) is 32.9 Å². The molecule has 32 heavy (non-hydrogen) atoms. The Morgan fingerprint density at radius 2 is 0.875 bits per heavy atom. The Kier molecular flexibility index (Phi) is 13.8. The molecular formula is C27H50ClOP2Rh. The minimum absolute atomic E-state index is 0.